The summed E-state index contributed by atoms with van der Waals surface area (Å²) < 4.78 is 5.12. The second-order valence-electron chi connectivity index (χ2n) is 5.26. The zero-order chi connectivity index (χ0) is 10.3. The summed E-state index contributed by atoms with van der Waals surface area (Å²) >= 11 is 0. The Kier molecular flexibility index (Phi) is 2.44. The normalized spacial score (nSPS) is 29.5. The Morgan fingerprint density at radius 2 is 1.92 bits per heavy atom. The Morgan fingerprint density at radius 1 is 1.38 bits per heavy atom. The first-order valence-corrected chi connectivity index (χ1v) is 4.99. The van der Waals surface area contributed by atoms with Crippen LogP contribution in [0.5, 0.6) is 0 Å². The van der Waals surface area contributed by atoms with Crippen LogP contribution < -0.4 is 0 Å². The van der Waals surface area contributed by atoms with E-state index in [1.54, 1.807) is 0 Å². The van der Waals surface area contributed by atoms with E-state index in [1.165, 1.54) is 0 Å². The Balaban J connectivity index is 3.08. The molecule has 1 rings (SSSR count). The van der Waals surface area contributed by atoms with Gasteiger partial charge in [0.2, 0.25) is 0 Å². The van der Waals surface area contributed by atoms with E-state index in [2.05, 4.69) is 34.6 Å². The Labute approximate surface area is 80.7 Å². The summed E-state index contributed by atoms with van der Waals surface area (Å²) in [6.45, 7) is 11.2. The van der Waals surface area contributed by atoms with Gasteiger partial charge < -0.3 is 4.74 Å². The minimum Gasteiger partial charge on any atom is -0.465 e. The lowest BCUT2D eigenvalue weighted by molar-refractivity contribution is -0.154. The van der Waals surface area contributed by atoms with Crippen LogP contribution in [0.3, 0.4) is 0 Å². The standard InChI is InChI=1S/C11H20O2/c1-8(2)11(10(3,4)5)6-7-13-9(11)12/h8H,6-7H2,1-5H3. The molecule has 0 aliphatic carbocycles. The quantitative estimate of drug-likeness (QED) is 0.585. The van der Waals surface area contributed by atoms with Crippen molar-refractivity contribution in [2.24, 2.45) is 16.7 Å². The van der Waals surface area contributed by atoms with Gasteiger partial charge in [0.1, 0.15) is 0 Å². The lowest BCUT2D eigenvalue weighted by Crippen LogP contribution is -2.44. The monoisotopic (exact) mass is 184 g/mol. The molecule has 0 aromatic heterocycles. The number of esters is 1. The average molecular weight is 184 g/mol. The zero-order valence-electron chi connectivity index (χ0n) is 9.31. The molecule has 1 unspecified atom stereocenters. The van der Waals surface area contributed by atoms with Crippen LogP contribution in [0.2, 0.25) is 0 Å². The minimum atomic E-state index is -0.271. The average Bonchev–Trinajstić information content (AvgIpc) is 2.29. The molecule has 13 heavy (non-hydrogen) atoms. The van der Waals surface area contributed by atoms with E-state index in [1.807, 2.05) is 0 Å². The highest BCUT2D eigenvalue weighted by atomic mass is 16.5. The molecule has 0 amide bonds. The number of hydrogen-bond acceptors (Lipinski definition) is 2. The van der Waals surface area contributed by atoms with Gasteiger partial charge in [-0.25, -0.2) is 0 Å². The first kappa shape index (κ1) is 10.6. The molecule has 2 heteroatoms. The number of ether oxygens (including phenoxy) is 1. The second-order valence-corrected chi connectivity index (χ2v) is 5.26. The van der Waals surface area contributed by atoms with Crippen LogP contribution in [0.15, 0.2) is 0 Å². The summed E-state index contributed by atoms with van der Waals surface area (Å²) in [4.78, 5) is 11.8. The summed E-state index contributed by atoms with van der Waals surface area (Å²) in [5.41, 5.74) is -0.276. The molecule has 0 N–H and O–H groups in total. The van der Waals surface area contributed by atoms with Crippen LogP contribution in [0, 0.1) is 16.7 Å². The van der Waals surface area contributed by atoms with Gasteiger partial charge in [-0.2, -0.15) is 0 Å². The highest BCUT2D eigenvalue weighted by Gasteiger charge is 2.54. The maximum absolute atomic E-state index is 11.8. The van der Waals surface area contributed by atoms with Crippen LogP contribution in [-0.2, 0) is 9.53 Å². The molecule has 2 nitrogen and oxygen atoms in total. The van der Waals surface area contributed by atoms with Gasteiger partial charge in [0, 0.05) is 0 Å². The number of hydrogen-bond donors (Lipinski definition) is 0. The van der Waals surface area contributed by atoms with Crippen molar-refractivity contribution < 1.29 is 9.53 Å². The van der Waals surface area contributed by atoms with E-state index in [0.717, 1.165) is 6.42 Å². The van der Waals surface area contributed by atoms with Crippen molar-refractivity contribution in [3.63, 3.8) is 0 Å². The number of carbonyl (C=O) groups is 1. The molecule has 0 bridgehead atoms. The molecule has 1 aliphatic heterocycles. The molecule has 1 heterocycles. The van der Waals surface area contributed by atoms with Crippen molar-refractivity contribution in [1.82, 2.24) is 0 Å². The molecule has 0 spiro atoms. The molecular weight excluding hydrogens is 164 g/mol. The van der Waals surface area contributed by atoms with E-state index in [-0.39, 0.29) is 16.8 Å². The summed E-state index contributed by atoms with van der Waals surface area (Å²) in [7, 11) is 0. The molecule has 0 aromatic rings. The SMILES string of the molecule is CC(C)C1(C(C)(C)C)CCOC1=O. The van der Waals surface area contributed by atoms with Crippen LogP contribution in [0.1, 0.15) is 41.0 Å². The van der Waals surface area contributed by atoms with Crippen LogP contribution >= 0.6 is 0 Å². The summed E-state index contributed by atoms with van der Waals surface area (Å²) in [5, 5.41) is 0. The van der Waals surface area contributed by atoms with Crippen molar-refractivity contribution in [2.75, 3.05) is 6.61 Å². The van der Waals surface area contributed by atoms with Crippen molar-refractivity contribution in [2.45, 2.75) is 41.0 Å². The van der Waals surface area contributed by atoms with Gasteiger partial charge in [0.05, 0.1) is 12.0 Å². The van der Waals surface area contributed by atoms with Crippen molar-refractivity contribution in [3.05, 3.63) is 0 Å². The fraction of sp³-hybridized carbons (Fsp3) is 0.909. The first-order valence-electron chi connectivity index (χ1n) is 4.99. The smallest absolute Gasteiger partial charge is 0.312 e. The molecule has 76 valence electrons. The van der Waals surface area contributed by atoms with E-state index < -0.39 is 0 Å². The molecule has 1 saturated heterocycles. The van der Waals surface area contributed by atoms with Gasteiger partial charge in [-0.3, -0.25) is 4.79 Å². The molecule has 0 radical (unpaired) electrons. The van der Waals surface area contributed by atoms with Gasteiger partial charge in [0.25, 0.3) is 0 Å². The molecule has 1 aliphatic rings. The van der Waals surface area contributed by atoms with Crippen LogP contribution in [0.25, 0.3) is 0 Å². The van der Waals surface area contributed by atoms with E-state index in [4.69, 9.17) is 4.74 Å². The number of carbonyl (C=O) groups excluding carboxylic acids is 1. The maximum Gasteiger partial charge on any atom is 0.312 e. The van der Waals surface area contributed by atoms with Gasteiger partial charge in [-0.05, 0) is 17.8 Å². The topological polar surface area (TPSA) is 26.3 Å². The third-order valence-electron chi connectivity index (χ3n) is 3.42. The maximum atomic E-state index is 11.8. The van der Waals surface area contributed by atoms with Crippen LogP contribution in [0.4, 0.5) is 0 Å². The number of rotatable bonds is 1. The molecule has 1 atom stereocenters. The highest BCUT2D eigenvalue weighted by molar-refractivity contribution is 5.79. The third-order valence-corrected chi connectivity index (χ3v) is 3.42. The Morgan fingerprint density at radius 3 is 2.08 bits per heavy atom. The summed E-state index contributed by atoms with van der Waals surface area (Å²) in [6.07, 6.45) is 0.868. The van der Waals surface area contributed by atoms with Crippen molar-refractivity contribution >= 4 is 5.97 Å². The minimum absolute atomic E-state index is 0.00463. The zero-order valence-corrected chi connectivity index (χ0v) is 9.31. The van der Waals surface area contributed by atoms with E-state index >= 15 is 0 Å². The lowest BCUT2D eigenvalue weighted by Gasteiger charge is -2.41. The second kappa shape index (κ2) is 3.00. The first-order chi connectivity index (χ1) is 5.82. The van der Waals surface area contributed by atoms with Crippen molar-refractivity contribution in [1.29, 1.82) is 0 Å². The molecule has 0 aromatic carbocycles. The third kappa shape index (κ3) is 1.36. The molecule has 1 fully saturated rings. The van der Waals surface area contributed by atoms with E-state index in [0.29, 0.717) is 12.5 Å². The van der Waals surface area contributed by atoms with Crippen molar-refractivity contribution in [3.8, 4) is 0 Å². The summed E-state index contributed by atoms with van der Waals surface area (Å²) in [6, 6.07) is 0. The predicted molar refractivity (Wildman–Crippen MR) is 52.3 cm³/mol. The van der Waals surface area contributed by atoms with Gasteiger partial charge >= 0.3 is 5.97 Å². The van der Waals surface area contributed by atoms with Gasteiger partial charge in [0.15, 0.2) is 0 Å². The van der Waals surface area contributed by atoms with Crippen LogP contribution in [-0.4, -0.2) is 12.6 Å². The molecule has 0 saturated carbocycles. The van der Waals surface area contributed by atoms with E-state index in [9.17, 15) is 4.79 Å². The summed E-state index contributed by atoms with van der Waals surface area (Å²) in [5.74, 6) is 0.345. The Hall–Kier alpha value is -0.530. The van der Waals surface area contributed by atoms with Gasteiger partial charge in [-0.15, -0.1) is 0 Å². The molecular formula is C11H20O2. The van der Waals surface area contributed by atoms with Gasteiger partial charge in [-0.1, -0.05) is 34.6 Å². The largest absolute Gasteiger partial charge is 0.465 e. The highest BCUT2D eigenvalue weighted by Crippen LogP contribution is 2.51. The number of cyclic esters (lactones) is 1. The Bertz CT molecular complexity index is 213. The fourth-order valence-corrected chi connectivity index (χ4v) is 2.61. The lowest BCUT2D eigenvalue weighted by atomic mass is 9.60. The fourth-order valence-electron chi connectivity index (χ4n) is 2.61. The predicted octanol–water partition coefficient (Wildman–Crippen LogP) is 2.62.